The average molecular weight is 801 g/mol. The third kappa shape index (κ3) is 7.69. The van der Waals surface area contributed by atoms with Crippen LogP contribution in [0.1, 0.15) is 185 Å². The molecule has 0 spiro atoms. The predicted molar refractivity (Wildman–Crippen MR) is 226 cm³/mol. The van der Waals surface area contributed by atoms with Gasteiger partial charge in [0.15, 0.2) is 0 Å². The molecule has 320 valence electrons. The Balaban J connectivity index is 0.00000283. The van der Waals surface area contributed by atoms with Crippen molar-refractivity contribution in [1.29, 1.82) is 0 Å². The Morgan fingerprint density at radius 3 is 2.23 bits per heavy atom. The summed E-state index contributed by atoms with van der Waals surface area (Å²) in [6, 6.07) is 0. The Morgan fingerprint density at radius 2 is 1.47 bits per heavy atom. The smallest absolute Gasteiger partial charge is 1.00 e. The molecule has 0 amide bonds. The normalized spacial score (nSPS) is 49.8. The number of fused-ring (bicyclic) bond motifs is 10. The largest absolute Gasteiger partial charge is 1.00 e. The van der Waals surface area contributed by atoms with Crippen molar-refractivity contribution >= 4 is 5.97 Å². The van der Waals surface area contributed by atoms with Crippen molar-refractivity contribution in [1.82, 2.24) is 0 Å². The number of esters is 1. The molecule has 0 saturated heterocycles. The summed E-state index contributed by atoms with van der Waals surface area (Å²) in [5.41, 5.74) is 2.23. The average Bonchev–Trinajstić information content (AvgIpc) is 3.69. The van der Waals surface area contributed by atoms with Crippen LogP contribution in [-0.2, 0) is 9.53 Å². The molecule has 0 unspecified atom stereocenters. The van der Waals surface area contributed by atoms with Gasteiger partial charge in [0.05, 0.1) is 18.3 Å². The van der Waals surface area contributed by atoms with Crippen LogP contribution in [-0.4, -0.2) is 45.7 Å². The number of allylic oxidation sites excluding steroid dienone is 1. The van der Waals surface area contributed by atoms with Crippen LogP contribution in [0.2, 0.25) is 0 Å². The van der Waals surface area contributed by atoms with E-state index in [1.165, 1.54) is 51.4 Å². The molecule has 0 aromatic heterocycles. The second kappa shape index (κ2) is 17.0. The third-order valence-electron chi connectivity index (χ3n) is 20.9. The van der Waals surface area contributed by atoms with Crippen LogP contribution in [0.3, 0.4) is 0 Å². The summed E-state index contributed by atoms with van der Waals surface area (Å²) in [6.45, 7) is 19.6. The molecule has 0 bridgehead atoms. The van der Waals surface area contributed by atoms with E-state index in [2.05, 4.69) is 61.5 Å². The predicted octanol–water partition coefficient (Wildman–Crippen LogP) is 8.43. The van der Waals surface area contributed by atoms with E-state index in [1.807, 2.05) is 0 Å². The molecule has 0 aliphatic heterocycles. The number of hydrogen-bond donors (Lipinski definition) is 3. The van der Waals surface area contributed by atoms with Crippen LogP contribution in [0, 0.1) is 92.7 Å². The fourth-order valence-corrected chi connectivity index (χ4v) is 17.7. The molecule has 3 N–H and O–H groups in total. The van der Waals surface area contributed by atoms with E-state index in [4.69, 9.17) is 4.74 Å². The summed E-state index contributed by atoms with van der Waals surface area (Å²) in [6.07, 6.45) is 23.4. The quantitative estimate of drug-likeness (QED) is 0.117. The summed E-state index contributed by atoms with van der Waals surface area (Å²) in [4.78, 5) is 13.6. The zero-order chi connectivity index (χ0) is 39.9. The number of rotatable bonds is 10. The first-order valence-corrected chi connectivity index (χ1v) is 24.4. The fraction of sp³-hybridized carbons (Fsp3) is 0.941. The van der Waals surface area contributed by atoms with Crippen LogP contribution < -0.4 is 29.6 Å². The number of aliphatic hydroxyl groups excluding tert-OH is 3. The van der Waals surface area contributed by atoms with Gasteiger partial charge in [-0.2, -0.15) is 0 Å². The number of carbonyl (C=O) groups excluding carboxylic acids is 1. The van der Waals surface area contributed by atoms with E-state index in [9.17, 15) is 20.1 Å². The molecule has 8 aliphatic rings. The standard InChI is InChI=1S/C51H84O5.Na.H/c1-30(2)10-9-11-31(3)38-15-17-40-37-14-13-33-27-36(21-24-48(33,5)41(37)22-25-50(38,40)7)56-46(55)19-12-32(4)39-16-18-42-47-43(29-45(54)51(39,42)8)49(6)23-20-35(52)26-34(49)28-44(47)53;;/h13,30-32,34-45,47,52-54H,9-12,14-29H2,1-8H3;;/q;+1;-1/t31-,32-,34+,35-,36+,37+,38-,39-,40+,41+,42+,43+,44-,45+,47+,48+,49+,50-,51-;;/m1../s1. The number of ether oxygens (including phenoxy) is 1. The summed E-state index contributed by atoms with van der Waals surface area (Å²) in [7, 11) is 0. The Hall–Kier alpha value is 0.0900. The summed E-state index contributed by atoms with van der Waals surface area (Å²) >= 11 is 0. The van der Waals surface area contributed by atoms with Crippen molar-refractivity contribution in [3.8, 4) is 0 Å². The van der Waals surface area contributed by atoms with E-state index in [0.29, 0.717) is 41.4 Å². The molecular formula is C51H85NaO5. The van der Waals surface area contributed by atoms with Crippen molar-refractivity contribution in [2.24, 2.45) is 92.7 Å². The molecule has 19 atom stereocenters. The van der Waals surface area contributed by atoms with Crippen molar-refractivity contribution in [3.63, 3.8) is 0 Å². The molecule has 0 radical (unpaired) electrons. The molecule has 5 nitrogen and oxygen atoms in total. The molecule has 0 aromatic carbocycles. The first-order valence-electron chi connectivity index (χ1n) is 24.4. The van der Waals surface area contributed by atoms with E-state index in [1.54, 1.807) is 5.57 Å². The Labute approximate surface area is 372 Å². The van der Waals surface area contributed by atoms with Crippen LogP contribution in [0.4, 0.5) is 0 Å². The number of aliphatic hydroxyl groups is 3. The maximum Gasteiger partial charge on any atom is 1.00 e. The van der Waals surface area contributed by atoms with Gasteiger partial charge < -0.3 is 21.5 Å². The minimum atomic E-state index is -0.388. The van der Waals surface area contributed by atoms with Gasteiger partial charge in [0.2, 0.25) is 0 Å². The van der Waals surface area contributed by atoms with Gasteiger partial charge in [0.25, 0.3) is 0 Å². The summed E-state index contributed by atoms with van der Waals surface area (Å²) in [5, 5.41) is 34.2. The second-order valence-electron chi connectivity index (χ2n) is 23.7. The molecule has 6 heteroatoms. The van der Waals surface area contributed by atoms with Crippen molar-refractivity contribution in [2.45, 2.75) is 208 Å². The first-order chi connectivity index (χ1) is 26.5. The molecule has 7 saturated carbocycles. The topological polar surface area (TPSA) is 87.0 Å². The third-order valence-corrected chi connectivity index (χ3v) is 20.9. The number of hydrogen-bond acceptors (Lipinski definition) is 5. The molecule has 0 heterocycles. The van der Waals surface area contributed by atoms with Gasteiger partial charge in [-0.05, 0) is 189 Å². The second-order valence-corrected chi connectivity index (χ2v) is 23.7. The zero-order valence-electron chi connectivity index (χ0n) is 39.1. The molecule has 7 fully saturated rings. The summed E-state index contributed by atoms with van der Waals surface area (Å²) in [5.74, 6) is 6.86. The van der Waals surface area contributed by atoms with Gasteiger partial charge in [0.1, 0.15) is 6.10 Å². The zero-order valence-corrected chi connectivity index (χ0v) is 40.1. The van der Waals surface area contributed by atoms with Gasteiger partial charge in [-0.25, -0.2) is 0 Å². The minimum absolute atomic E-state index is 0. The Bertz CT molecular complexity index is 1470. The molecule has 8 rings (SSSR count). The van der Waals surface area contributed by atoms with Gasteiger partial charge in [0, 0.05) is 12.8 Å². The van der Waals surface area contributed by atoms with E-state index >= 15 is 0 Å². The molecule has 0 aromatic rings. The molecule has 57 heavy (non-hydrogen) atoms. The Kier molecular flexibility index (Phi) is 13.5. The van der Waals surface area contributed by atoms with Gasteiger partial charge in [-0.3, -0.25) is 4.79 Å². The van der Waals surface area contributed by atoms with Crippen LogP contribution in [0.15, 0.2) is 11.6 Å². The minimum Gasteiger partial charge on any atom is -1.00 e. The van der Waals surface area contributed by atoms with Crippen molar-refractivity contribution < 1.29 is 55.8 Å². The van der Waals surface area contributed by atoms with Gasteiger partial charge in [-0.15, -0.1) is 0 Å². The van der Waals surface area contributed by atoms with Crippen molar-refractivity contribution in [3.05, 3.63) is 11.6 Å². The molecular weight excluding hydrogens is 716 g/mol. The fourth-order valence-electron chi connectivity index (χ4n) is 17.7. The molecule has 8 aliphatic carbocycles. The van der Waals surface area contributed by atoms with Crippen LogP contribution in [0.25, 0.3) is 0 Å². The van der Waals surface area contributed by atoms with E-state index < -0.39 is 0 Å². The maximum absolute atomic E-state index is 13.6. The maximum atomic E-state index is 13.6. The van der Waals surface area contributed by atoms with Crippen LogP contribution in [0.5, 0.6) is 0 Å². The first kappa shape index (κ1) is 45.1. The number of carbonyl (C=O) groups is 1. The summed E-state index contributed by atoms with van der Waals surface area (Å²) < 4.78 is 6.33. The van der Waals surface area contributed by atoms with Crippen LogP contribution >= 0.6 is 0 Å². The van der Waals surface area contributed by atoms with Gasteiger partial charge >= 0.3 is 35.5 Å². The van der Waals surface area contributed by atoms with Crippen molar-refractivity contribution in [2.75, 3.05) is 0 Å². The van der Waals surface area contributed by atoms with E-state index in [-0.39, 0.29) is 83.5 Å². The van der Waals surface area contributed by atoms with Gasteiger partial charge in [-0.1, -0.05) is 86.3 Å². The monoisotopic (exact) mass is 801 g/mol. The van der Waals surface area contributed by atoms with E-state index in [0.717, 1.165) is 106 Å². The Morgan fingerprint density at radius 1 is 0.772 bits per heavy atom. The SMILES string of the molecule is CC(C)CCC[C@@H](C)[C@H]1CC[C@H]2[C@@H]3CC=C4C[C@@H](OC(=O)CC[C@@H](C)[C@H]5CC[C@H]6[C@@H]7[C@H](O)C[C@@H]8C[C@H](O)CC[C@]8(C)[C@H]7C[C@H](O)[C@]56C)CC[C@]4(C)[C@H]3CC[C@]12C.[H-].[Na+].